The van der Waals surface area contributed by atoms with Crippen LogP contribution < -0.4 is 5.73 Å². The first-order valence-electron chi connectivity index (χ1n) is 11.3. The van der Waals surface area contributed by atoms with E-state index in [2.05, 4.69) is 0 Å². The zero-order chi connectivity index (χ0) is 25.2. The molecule has 0 spiro atoms. The van der Waals surface area contributed by atoms with E-state index in [4.69, 9.17) is 15.2 Å². The molecule has 1 heterocycles. The molecule has 10 nitrogen and oxygen atoms in total. The van der Waals surface area contributed by atoms with Crippen molar-refractivity contribution < 1.29 is 44.3 Å². The quantitative estimate of drug-likeness (QED) is 0.265. The zero-order valence-corrected chi connectivity index (χ0v) is 18.9. The molecular formula is C25H25NO9. The molecule has 10 heteroatoms. The fraction of sp³-hybridized carbons (Fsp3) is 0.400. The second kappa shape index (κ2) is 8.51. The molecule has 35 heavy (non-hydrogen) atoms. The Morgan fingerprint density at radius 2 is 1.74 bits per heavy atom. The van der Waals surface area contributed by atoms with Crippen molar-refractivity contribution in [3.63, 3.8) is 0 Å². The summed E-state index contributed by atoms with van der Waals surface area (Å²) >= 11 is 0. The van der Waals surface area contributed by atoms with Gasteiger partial charge in [0.1, 0.15) is 17.6 Å². The molecule has 2 aliphatic carbocycles. The van der Waals surface area contributed by atoms with Gasteiger partial charge in [0.25, 0.3) is 0 Å². The summed E-state index contributed by atoms with van der Waals surface area (Å²) in [6.45, 7) is 1.12. The minimum absolute atomic E-state index is 0.0292. The summed E-state index contributed by atoms with van der Waals surface area (Å²) < 4.78 is 11.4. The van der Waals surface area contributed by atoms with E-state index in [1.165, 1.54) is 25.1 Å². The molecule has 2 aromatic rings. The maximum absolute atomic E-state index is 13.5. The number of fused-ring (bicyclic) bond motifs is 3. The van der Waals surface area contributed by atoms with E-state index in [0.717, 1.165) is 0 Å². The molecule has 1 fully saturated rings. The van der Waals surface area contributed by atoms with Crippen LogP contribution in [0.3, 0.4) is 0 Å². The van der Waals surface area contributed by atoms with E-state index >= 15 is 0 Å². The van der Waals surface area contributed by atoms with Crippen LogP contribution in [0.2, 0.25) is 0 Å². The van der Waals surface area contributed by atoms with Gasteiger partial charge in [-0.25, -0.2) is 0 Å². The van der Waals surface area contributed by atoms with Crippen LogP contribution in [0, 0.1) is 0 Å². The lowest BCUT2D eigenvalue weighted by molar-refractivity contribution is -0.236. The average Bonchev–Trinajstić information content (AvgIpc) is 2.81. The summed E-state index contributed by atoms with van der Waals surface area (Å²) in [4.78, 5) is 39.0. The summed E-state index contributed by atoms with van der Waals surface area (Å²) in [5.74, 6) is -2.84. The van der Waals surface area contributed by atoms with Gasteiger partial charge in [-0.15, -0.1) is 0 Å². The van der Waals surface area contributed by atoms with Gasteiger partial charge in [-0.2, -0.15) is 0 Å². The van der Waals surface area contributed by atoms with E-state index in [0.29, 0.717) is 0 Å². The van der Waals surface area contributed by atoms with E-state index in [9.17, 15) is 34.8 Å². The number of Topliss-reactive ketones (excluding diaryl/α,β-unsaturated/α-hetero) is 1. The summed E-state index contributed by atoms with van der Waals surface area (Å²) in [5.41, 5.74) is 5.67. The van der Waals surface area contributed by atoms with Crippen molar-refractivity contribution in [3.8, 4) is 11.5 Å². The normalized spacial score (nSPS) is 27.7. The number of phenolic OH excluding ortho intramolecular Hbond substituents is 2. The first kappa shape index (κ1) is 23.6. The van der Waals surface area contributed by atoms with Crippen LogP contribution >= 0.6 is 0 Å². The molecular weight excluding hydrogens is 458 g/mol. The van der Waals surface area contributed by atoms with Crippen molar-refractivity contribution in [3.05, 3.63) is 57.1 Å². The number of phenols is 2. The van der Waals surface area contributed by atoms with Gasteiger partial charge in [0.2, 0.25) is 0 Å². The minimum atomic E-state index is -1.07. The van der Waals surface area contributed by atoms with E-state index in [1.54, 1.807) is 0 Å². The highest BCUT2D eigenvalue weighted by molar-refractivity contribution is 6.32. The number of aromatic hydroxyl groups is 2. The molecule has 6 N–H and O–H groups in total. The number of ether oxygens (including phenoxy) is 2. The average molecular weight is 483 g/mol. The Morgan fingerprint density at radius 1 is 1.03 bits per heavy atom. The van der Waals surface area contributed by atoms with Crippen molar-refractivity contribution in [2.24, 2.45) is 5.73 Å². The zero-order valence-electron chi connectivity index (χ0n) is 18.9. The maximum Gasteiger partial charge on any atom is 0.199 e. The SMILES string of the molecule is CC(=O)c1cccc2c1C(=O)c1c(O)c3c(c(O)c1C2=O)[C@@H](O[C@H]1C[C@H](O)[C@H](O)CO1)C[C@@H](N)C3. The number of aliphatic hydroxyl groups is 2. The van der Waals surface area contributed by atoms with Gasteiger partial charge in [0.05, 0.1) is 29.9 Å². The Hall–Kier alpha value is -3.15. The van der Waals surface area contributed by atoms with Crippen LogP contribution in [0.5, 0.6) is 11.5 Å². The third kappa shape index (κ3) is 3.65. The highest BCUT2D eigenvalue weighted by Gasteiger charge is 2.43. The Bertz CT molecular complexity index is 1270. The number of rotatable bonds is 3. The van der Waals surface area contributed by atoms with Crippen molar-refractivity contribution in [1.82, 2.24) is 0 Å². The fourth-order valence-corrected chi connectivity index (χ4v) is 5.21. The number of hydrogen-bond donors (Lipinski definition) is 5. The standard InChI is InChI=1S/C25H25NO9/c1-9(27)11-3-2-4-12-18(11)24(32)21-20(22(12)30)25(33)19-13(23(21)31)5-10(26)6-16(19)35-17-7-14(28)15(29)8-34-17/h2-4,10,14-17,28-29,31,33H,5-8,26H2,1H3/t10-,14-,15+,16-,17-/m0/s1. The van der Waals surface area contributed by atoms with Gasteiger partial charge < -0.3 is 35.6 Å². The number of benzene rings is 2. The highest BCUT2D eigenvalue weighted by atomic mass is 16.7. The molecule has 0 saturated carbocycles. The third-order valence-electron chi connectivity index (χ3n) is 6.91. The Labute approximate surface area is 199 Å². The molecule has 1 saturated heterocycles. The van der Waals surface area contributed by atoms with E-state index < -0.39 is 59.5 Å². The smallest absolute Gasteiger partial charge is 0.199 e. The molecule has 3 aliphatic rings. The van der Waals surface area contributed by atoms with Crippen LogP contribution in [-0.2, 0) is 15.9 Å². The molecule has 1 aliphatic heterocycles. The van der Waals surface area contributed by atoms with Gasteiger partial charge in [0.15, 0.2) is 23.6 Å². The predicted octanol–water partition coefficient (Wildman–Crippen LogP) is 0.875. The number of aliphatic hydroxyl groups excluding tert-OH is 2. The van der Waals surface area contributed by atoms with Gasteiger partial charge in [-0.1, -0.05) is 18.2 Å². The van der Waals surface area contributed by atoms with Crippen LogP contribution in [0.15, 0.2) is 18.2 Å². The van der Waals surface area contributed by atoms with Crippen LogP contribution in [0.25, 0.3) is 0 Å². The van der Waals surface area contributed by atoms with Crippen LogP contribution in [0.4, 0.5) is 0 Å². The molecule has 0 amide bonds. The Morgan fingerprint density at radius 3 is 2.43 bits per heavy atom. The lowest BCUT2D eigenvalue weighted by Crippen LogP contribution is -2.43. The third-order valence-corrected chi connectivity index (χ3v) is 6.91. The van der Waals surface area contributed by atoms with E-state index in [-0.39, 0.29) is 64.8 Å². The fourth-order valence-electron chi connectivity index (χ4n) is 5.21. The molecule has 0 aromatic heterocycles. The van der Waals surface area contributed by atoms with Gasteiger partial charge in [0, 0.05) is 40.3 Å². The van der Waals surface area contributed by atoms with E-state index in [1.807, 2.05) is 0 Å². The van der Waals surface area contributed by atoms with Gasteiger partial charge >= 0.3 is 0 Å². The van der Waals surface area contributed by atoms with Crippen molar-refractivity contribution in [2.75, 3.05) is 6.61 Å². The molecule has 5 rings (SSSR count). The second-order valence-corrected chi connectivity index (χ2v) is 9.24. The first-order valence-corrected chi connectivity index (χ1v) is 11.3. The molecule has 5 atom stereocenters. The molecule has 2 aromatic carbocycles. The second-order valence-electron chi connectivity index (χ2n) is 9.24. The summed E-state index contributed by atoms with van der Waals surface area (Å²) in [7, 11) is 0. The van der Waals surface area contributed by atoms with Crippen LogP contribution in [0.1, 0.15) is 79.2 Å². The predicted molar refractivity (Wildman–Crippen MR) is 120 cm³/mol. The summed E-state index contributed by atoms with van der Waals surface area (Å²) in [6, 6.07) is 3.80. The number of carbonyl (C=O) groups is 3. The van der Waals surface area contributed by atoms with Crippen molar-refractivity contribution >= 4 is 17.3 Å². The van der Waals surface area contributed by atoms with Crippen LogP contribution in [-0.4, -0.2) is 68.9 Å². The lowest BCUT2D eigenvalue weighted by Gasteiger charge is -2.37. The summed E-state index contributed by atoms with van der Waals surface area (Å²) in [5, 5.41) is 42.1. The first-order chi connectivity index (χ1) is 16.6. The van der Waals surface area contributed by atoms with Gasteiger partial charge in [-0.3, -0.25) is 14.4 Å². The van der Waals surface area contributed by atoms with Crippen molar-refractivity contribution in [1.29, 1.82) is 0 Å². The number of nitrogens with two attached hydrogens (primary N) is 1. The number of carbonyl (C=O) groups excluding carboxylic acids is 3. The summed E-state index contributed by atoms with van der Waals surface area (Å²) in [6.07, 6.45) is -3.66. The molecule has 0 bridgehead atoms. The molecule has 184 valence electrons. The molecule has 0 radical (unpaired) electrons. The monoisotopic (exact) mass is 483 g/mol. The maximum atomic E-state index is 13.5. The molecule has 0 unspecified atom stereocenters. The van der Waals surface area contributed by atoms with Crippen molar-refractivity contribution in [2.45, 2.75) is 56.8 Å². The number of ketones is 3. The Balaban J connectivity index is 1.64. The largest absolute Gasteiger partial charge is 0.507 e. The topological polar surface area (TPSA) is 177 Å². The lowest BCUT2D eigenvalue weighted by atomic mass is 9.75. The minimum Gasteiger partial charge on any atom is -0.507 e. The van der Waals surface area contributed by atoms with Gasteiger partial charge in [-0.05, 0) is 19.8 Å². The Kier molecular flexibility index (Phi) is 5.73. The highest BCUT2D eigenvalue weighted by Crippen LogP contribution is 2.49. The number of hydrogen-bond acceptors (Lipinski definition) is 10.